The van der Waals surface area contributed by atoms with Crippen LogP contribution in [0.3, 0.4) is 0 Å². The van der Waals surface area contributed by atoms with E-state index in [1.54, 1.807) is 0 Å². The molecule has 1 aromatic rings. The van der Waals surface area contributed by atoms with Gasteiger partial charge in [0.05, 0.1) is 19.3 Å². The fourth-order valence-electron chi connectivity index (χ4n) is 2.10. The van der Waals surface area contributed by atoms with E-state index in [4.69, 9.17) is 14.9 Å². The van der Waals surface area contributed by atoms with Gasteiger partial charge in [-0.25, -0.2) is 0 Å². The summed E-state index contributed by atoms with van der Waals surface area (Å²) in [5.74, 6) is 1.81. The molecule has 1 aliphatic rings. The van der Waals surface area contributed by atoms with E-state index in [1.165, 1.54) is 0 Å². The molecule has 1 unspecified atom stereocenters. The fraction of sp³-hybridized carbons (Fsp3) is 0.667. The molecule has 2 rings (SSSR count). The Morgan fingerprint density at radius 3 is 2.59 bits per heavy atom. The molecular weight excluding hydrogens is 218 g/mol. The van der Waals surface area contributed by atoms with Crippen LogP contribution >= 0.6 is 0 Å². The Labute approximate surface area is 102 Å². The SMILES string of the molecule is CN(C)c1ccc(C(CN)N2CCOCC2)o1. The van der Waals surface area contributed by atoms with Crippen LogP contribution in [0.25, 0.3) is 0 Å². The molecule has 0 radical (unpaired) electrons. The van der Waals surface area contributed by atoms with Crippen LogP contribution in [0.15, 0.2) is 16.5 Å². The molecule has 1 atom stereocenters. The summed E-state index contributed by atoms with van der Waals surface area (Å²) in [5.41, 5.74) is 5.86. The lowest BCUT2D eigenvalue weighted by Gasteiger charge is -2.32. The second kappa shape index (κ2) is 5.53. The van der Waals surface area contributed by atoms with Crippen LogP contribution in [0.2, 0.25) is 0 Å². The smallest absolute Gasteiger partial charge is 0.195 e. The Morgan fingerprint density at radius 2 is 2.06 bits per heavy atom. The molecule has 1 aliphatic heterocycles. The maximum atomic E-state index is 5.86. The van der Waals surface area contributed by atoms with Gasteiger partial charge in [-0.2, -0.15) is 0 Å². The summed E-state index contributed by atoms with van der Waals surface area (Å²) < 4.78 is 11.2. The van der Waals surface area contributed by atoms with Crippen molar-refractivity contribution >= 4 is 5.88 Å². The average molecular weight is 239 g/mol. The molecule has 2 N–H and O–H groups in total. The topological polar surface area (TPSA) is 54.9 Å². The van der Waals surface area contributed by atoms with Gasteiger partial charge in [0.2, 0.25) is 0 Å². The molecule has 1 aromatic heterocycles. The number of nitrogens with zero attached hydrogens (tertiary/aromatic N) is 2. The van der Waals surface area contributed by atoms with Crippen molar-refractivity contribution in [2.24, 2.45) is 5.73 Å². The first kappa shape index (κ1) is 12.4. The van der Waals surface area contributed by atoms with Crippen LogP contribution in [0, 0.1) is 0 Å². The minimum absolute atomic E-state index is 0.160. The third-order valence-corrected chi connectivity index (χ3v) is 3.09. The fourth-order valence-corrected chi connectivity index (χ4v) is 2.10. The zero-order valence-corrected chi connectivity index (χ0v) is 10.6. The van der Waals surface area contributed by atoms with Crippen molar-refractivity contribution in [3.05, 3.63) is 17.9 Å². The quantitative estimate of drug-likeness (QED) is 0.837. The van der Waals surface area contributed by atoms with E-state index in [0.717, 1.165) is 37.9 Å². The normalized spacial score (nSPS) is 19.2. The highest BCUT2D eigenvalue weighted by Crippen LogP contribution is 2.26. The number of hydrogen-bond acceptors (Lipinski definition) is 5. The Bertz CT molecular complexity index is 345. The Balaban J connectivity index is 2.10. The summed E-state index contributed by atoms with van der Waals surface area (Å²) in [5, 5.41) is 0. The molecule has 0 saturated carbocycles. The van der Waals surface area contributed by atoms with Crippen molar-refractivity contribution in [2.75, 3.05) is 51.8 Å². The number of ether oxygens (including phenoxy) is 1. The minimum atomic E-state index is 0.160. The van der Waals surface area contributed by atoms with Gasteiger partial charge < -0.3 is 19.8 Å². The van der Waals surface area contributed by atoms with Crippen molar-refractivity contribution in [2.45, 2.75) is 6.04 Å². The number of morpholine rings is 1. The van der Waals surface area contributed by atoms with E-state index >= 15 is 0 Å². The second-order valence-corrected chi connectivity index (χ2v) is 4.47. The molecule has 0 spiro atoms. The highest BCUT2D eigenvalue weighted by atomic mass is 16.5. The van der Waals surface area contributed by atoms with Crippen molar-refractivity contribution in [1.82, 2.24) is 4.90 Å². The van der Waals surface area contributed by atoms with Gasteiger partial charge in [-0.1, -0.05) is 0 Å². The van der Waals surface area contributed by atoms with Gasteiger partial charge in [-0.05, 0) is 6.07 Å². The summed E-state index contributed by atoms with van der Waals surface area (Å²) in [6.07, 6.45) is 0. The lowest BCUT2D eigenvalue weighted by Crippen LogP contribution is -2.41. The maximum Gasteiger partial charge on any atom is 0.195 e. The van der Waals surface area contributed by atoms with E-state index in [9.17, 15) is 0 Å². The lowest BCUT2D eigenvalue weighted by molar-refractivity contribution is 0.0137. The summed E-state index contributed by atoms with van der Waals surface area (Å²) in [6.45, 7) is 3.95. The van der Waals surface area contributed by atoms with Gasteiger partial charge in [0.1, 0.15) is 5.76 Å². The van der Waals surface area contributed by atoms with E-state index in [-0.39, 0.29) is 6.04 Å². The molecule has 5 nitrogen and oxygen atoms in total. The van der Waals surface area contributed by atoms with E-state index < -0.39 is 0 Å². The Morgan fingerprint density at radius 1 is 1.35 bits per heavy atom. The molecule has 0 bridgehead atoms. The van der Waals surface area contributed by atoms with Crippen LogP contribution < -0.4 is 10.6 Å². The van der Waals surface area contributed by atoms with Gasteiger partial charge in [-0.3, -0.25) is 4.90 Å². The van der Waals surface area contributed by atoms with Crippen LogP contribution in [0.4, 0.5) is 5.88 Å². The minimum Gasteiger partial charge on any atom is -0.444 e. The monoisotopic (exact) mass is 239 g/mol. The molecule has 0 aromatic carbocycles. The Kier molecular flexibility index (Phi) is 4.04. The number of anilines is 1. The van der Waals surface area contributed by atoms with Crippen molar-refractivity contribution < 1.29 is 9.15 Å². The predicted octanol–water partition coefficient (Wildman–Crippen LogP) is 0.678. The van der Waals surface area contributed by atoms with Crippen LogP contribution in [0.1, 0.15) is 11.8 Å². The predicted molar refractivity (Wildman–Crippen MR) is 67.2 cm³/mol. The van der Waals surface area contributed by atoms with Crippen LogP contribution in [-0.4, -0.2) is 51.8 Å². The summed E-state index contributed by atoms with van der Waals surface area (Å²) in [4.78, 5) is 4.28. The van der Waals surface area contributed by atoms with E-state index in [1.807, 2.05) is 31.1 Å². The summed E-state index contributed by atoms with van der Waals surface area (Å²) in [6, 6.07) is 4.16. The maximum absolute atomic E-state index is 5.86. The van der Waals surface area contributed by atoms with Crippen LogP contribution in [0.5, 0.6) is 0 Å². The molecule has 1 fully saturated rings. The number of hydrogen-bond donors (Lipinski definition) is 1. The number of furan rings is 1. The van der Waals surface area contributed by atoms with Gasteiger partial charge >= 0.3 is 0 Å². The molecule has 2 heterocycles. The third-order valence-electron chi connectivity index (χ3n) is 3.09. The van der Waals surface area contributed by atoms with Gasteiger partial charge in [0, 0.05) is 39.8 Å². The highest BCUT2D eigenvalue weighted by Gasteiger charge is 2.24. The zero-order chi connectivity index (χ0) is 12.3. The number of nitrogens with two attached hydrogens (primary N) is 1. The molecule has 0 amide bonds. The zero-order valence-electron chi connectivity index (χ0n) is 10.6. The first-order valence-corrected chi connectivity index (χ1v) is 6.01. The van der Waals surface area contributed by atoms with Gasteiger partial charge in [0.25, 0.3) is 0 Å². The standard InChI is InChI=1S/C12H21N3O2/c1-14(2)12-4-3-11(17-12)10(9-13)15-5-7-16-8-6-15/h3-4,10H,5-9,13H2,1-2H3. The molecule has 0 aliphatic carbocycles. The molecule has 1 saturated heterocycles. The molecule has 5 heteroatoms. The average Bonchev–Trinajstić information content (AvgIpc) is 2.81. The Hall–Kier alpha value is -1.04. The van der Waals surface area contributed by atoms with Crippen molar-refractivity contribution in [3.63, 3.8) is 0 Å². The molecular formula is C12H21N3O2. The summed E-state index contributed by atoms with van der Waals surface area (Å²) in [7, 11) is 3.93. The van der Waals surface area contributed by atoms with E-state index in [2.05, 4.69) is 4.90 Å². The van der Waals surface area contributed by atoms with E-state index in [0.29, 0.717) is 6.54 Å². The lowest BCUT2D eigenvalue weighted by atomic mass is 10.2. The second-order valence-electron chi connectivity index (χ2n) is 4.47. The number of rotatable bonds is 4. The van der Waals surface area contributed by atoms with Crippen LogP contribution in [-0.2, 0) is 4.74 Å². The molecule has 96 valence electrons. The van der Waals surface area contributed by atoms with Gasteiger partial charge in [-0.15, -0.1) is 0 Å². The highest BCUT2D eigenvalue weighted by molar-refractivity contribution is 5.34. The molecule has 17 heavy (non-hydrogen) atoms. The third kappa shape index (κ3) is 2.80. The van der Waals surface area contributed by atoms with Gasteiger partial charge in [0.15, 0.2) is 5.88 Å². The van der Waals surface area contributed by atoms with Crippen molar-refractivity contribution in [3.8, 4) is 0 Å². The largest absolute Gasteiger partial charge is 0.444 e. The summed E-state index contributed by atoms with van der Waals surface area (Å²) >= 11 is 0. The van der Waals surface area contributed by atoms with Crippen molar-refractivity contribution in [1.29, 1.82) is 0 Å². The first-order chi connectivity index (χ1) is 8.22. The first-order valence-electron chi connectivity index (χ1n) is 6.01.